The quantitative estimate of drug-likeness (QED) is 0.687. The fourth-order valence-corrected chi connectivity index (χ4v) is 4.21. The van der Waals surface area contributed by atoms with Crippen LogP contribution in [0.1, 0.15) is 31.9 Å². The fourth-order valence-electron chi connectivity index (χ4n) is 4.21. The van der Waals surface area contributed by atoms with Crippen LogP contribution in [0, 0.1) is 0 Å². The third-order valence-corrected chi connectivity index (χ3v) is 5.66. The maximum absolute atomic E-state index is 13.5. The number of alkyl carbamates (subject to hydrolysis) is 1. The van der Waals surface area contributed by atoms with Crippen molar-refractivity contribution in [2.75, 3.05) is 16.3 Å². The van der Waals surface area contributed by atoms with Gasteiger partial charge in [0.25, 0.3) is 5.91 Å². The van der Waals surface area contributed by atoms with E-state index in [4.69, 9.17) is 9.47 Å². The number of nitrogens with one attached hydrogen (secondary N) is 1. The minimum absolute atomic E-state index is 0.00473. The van der Waals surface area contributed by atoms with Gasteiger partial charge in [-0.25, -0.2) is 14.4 Å². The van der Waals surface area contributed by atoms with Gasteiger partial charge in [0.05, 0.1) is 17.9 Å². The van der Waals surface area contributed by atoms with Crippen LogP contribution in [0.2, 0.25) is 0 Å². The number of carboxylic acids is 1. The Morgan fingerprint density at radius 2 is 1.80 bits per heavy atom. The number of aliphatic carboxylic acids is 1. The third kappa shape index (κ3) is 5.06. The smallest absolute Gasteiger partial charge is 0.414 e. The highest BCUT2D eigenvalue weighted by Gasteiger charge is 2.47. The van der Waals surface area contributed by atoms with Crippen molar-refractivity contribution >= 4 is 35.4 Å². The second-order valence-electron chi connectivity index (χ2n) is 9.40. The molecule has 2 atom stereocenters. The maximum Gasteiger partial charge on any atom is 0.414 e. The zero-order valence-corrected chi connectivity index (χ0v) is 19.7. The number of para-hydroxylation sites is 1. The van der Waals surface area contributed by atoms with E-state index in [0.29, 0.717) is 16.9 Å². The molecule has 2 aromatic carbocycles. The van der Waals surface area contributed by atoms with Crippen LogP contribution in [0.3, 0.4) is 0 Å². The maximum atomic E-state index is 13.5. The van der Waals surface area contributed by atoms with Gasteiger partial charge in [0.2, 0.25) is 0 Å². The molecule has 0 bridgehead atoms. The van der Waals surface area contributed by atoms with E-state index >= 15 is 0 Å². The second kappa shape index (κ2) is 9.28. The van der Waals surface area contributed by atoms with Crippen LogP contribution in [0.5, 0.6) is 0 Å². The molecular weight excluding hydrogens is 454 g/mol. The molecule has 0 aliphatic carbocycles. The Labute approximate surface area is 202 Å². The summed E-state index contributed by atoms with van der Waals surface area (Å²) in [5, 5.41) is 12.3. The lowest BCUT2D eigenvalue weighted by Crippen LogP contribution is -2.56. The topological polar surface area (TPSA) is 125 Å². The van der Waals surface area contributed by atoms with E-state index in [1.165, 1.54) is 4.90 Å². The van der Waals surface area contributed by atoms with E-state index in [9.17, 15) is 24.3 Å². The van der Waals surface area contributed by atoms with Crippen molar-refractivity contribution in [3.8, 4) is 0 Å². The molecule has 0 unspecified atom stereocenters. The van der Waals surface area contributed by atoms with Gasteiger partial charge >= 0.3 is 18.2 Å². The number of ether oxygens (including phenoxy) is 2. The molecule has 2 aliphatic heterocycles. The summed E-state index contributed by atoms with van der Waals surface area (Å²) in [4.78, 5) is 53.7. The Balaban J connectivity index is 1.69. The standard InChI is InChI=1S/C25H27N3O7/c1-25(2,3)35-23(32)26-17-13-27(24(33)34-14-15-8-5-4-6-9-15)18-11-7-10-16-12-19(22(30)31)28(20(16)18)21(17)29/h4-11,17,19H,12-14H2,1-3H3,(H,26,32)(H,30,31)/t17-,19-/m0/s1. The zero-order valence-electron chi connectivity index (χ0n) is 19.7. The average Bonchev–Trinajstić information content (AvgIpc) is 3.14. The molecular formula is C25H27N3O7. The van der Waals surface area contributed by atoms with Crippen molar-refractivity contribution < 1.29 is 33.8 Å². The molecule has 2 aromatic rings. The third-order valence-electron chi connectivity index (χ3n) is 5.66. The first-order valence-electron chi connectivity index (χ1n) is 11.2. The first-order chi connectivity index (χ1) is 16.5. The molecule has 0 spiro atoms. The van der Waals surface area contributed by atoms with E-state index in [0.717, 1.165) is 10.5 Å². The summed E-state index contributed by atoms with van der Waals surface area (Å²) in [6, 6.07) is 11.7. The van der Waals surface area contributed by atoms with Crippen LogP contribution in [-0.4, -0.2) is 53.4 Å². The molecule has 4 rings (SSSR count). The van der Waals surface area contributed by atoms with Crippen LogP contribution in [0.15, 0.2) is 48.5 Å². The van der Waals surface area contributed by atoms with Gasteiger partial charge in [0, 0.05) is 6.42 Å². The Hall–Kier alpha value is -4.08. The van der Waals surface area contributed by atoms with Gasteiger partial charge < -0.3 is 19.9 Å². The van der Waals surface area contributed by atoms with Gasteiger partial charge in [-0.3, -0.25) is 14.6 Å². The summed E-state index contributed by atoms with van der Waals surface area (Å²) in [5.74, 6) is -1.83. The first-order valence-corrected chi connectivity index (χ1v) is 11.2. The lowest BCUT2D eigenvalue weighted by atomic mass is 10.1. The molecule has 35 heavy (non-hydrogen) atoms. The Morgan fingerprint density at radius 3 is 2.46 bits per heavy atom. The number of amides is 3. The SMILES string of the molecule is CC(C)(C)OC(=O)N[C@H]1CN(C(=O)OCc2ccccc2)c2cccc3c2N(C1=O)[C@H](C(=O)O)C3. The monoisotopic (exact) mass is 481 g/mol. The van der Waals surface area contributed by atoms with Crippen LogP contribution < -0.4 is 15.1 Å². The fraction of sp³-hybridized carbons (Fsp3) is 0.360. The number of carbonyl (C=O) groups is 4. The molecule has 2 aliphatic rings. The van der Waals surface area contributed by atoms with Crippen LogP contribution in [0.25, 0.3) is 0 Å². The number of nitrogens with zero attached hydrogens (tertiary/aromatic N) is 2. The minimum atomic E-state index is -1.26. The molecule has 10 nitrogen and oxygen atoms in total. The second-order valence-corrected chi connectivity index (χ2v) is 9.40. The van der Waals surface area contributed by atoms with Crippen molar-refractivity contribution in [3.05, 3.63) is 59.7 Å². The summed E-state index contributed by atoms with van der Waals surface area (Å²) in [6.45, 7) is 4.78. The number of hydrogen-bond acceptors (Lipinski definition) is 6. The molecule has 0 saturated heterocycles. The highest BCUT2D eigenvalue weighted by atomic mass is 16.6. The van der Waals surface area contributed by atoms with Crippen molar-refractivity contribution in [3.63, 3.8) is 0 Å². The Kier molecular flexibility index (Phi) is 6.38. The zero-order chi connectivity index (χ0) is 25.3. The molecule has 184 valence electrons. The van der Waals surface area contributed by atoms with E-state index in [-0.39, 0.29) is 19.6 Å². The van der Waals surface area contributed by atoms with Gasteiger partial charge in [0.15, 0.2) is 0 Å². The summed E-state index contributed by atoms with van der Waals surface area (Å²) >= 11 is 0. The van der Waals surface area contributed by atoms with Crippen LogP contribution in [0.4, 0.5) is 21.0 Å². The minimum Gasteiger partial charge on any atom is -0.480 e. The van der Waals surface area contributed by atoms with Crippen LogP contribution >= 0.6 is 0 Å². The van der Waals surface area contributed by atoms with E-state index in [2.05, 4.69) is 5.32 Å². The summed E-state index contributed by atoms with van der Waals surface area (Å²) in [6.07, 6.45) is -1.51. The molecule has 2 N–H and O–H groups in total. The number of rotatable bonds is 4. The molecule has 0 fully saturated rings. The number of benzene rings is 2. The molecule has 2 heterocycles. The van der Waals surface area contributed by atoms with Crippen molar-refractivity contribution in [2.24, 2.45) is 0 Å². The normalized spacial score (nSPS) is 19.0. The van der Waals surface area contributed by atoms with Crippen molar-refractivity contribution in [2.45, 2.75) is 51.5 Å². The molecule has 10 heteroatoms. The first kappa shape index (κ1) is 24.1. The lowest BCUT2D eigenvalue weighted by molar-refractivity contribution is -0.140. The summed E-state index contributed by atoms with van der Waals surface area (Å²) in [5.41, 5.74) is 1.24. The van der Waals surface area contributed by atoms with Gasteiger partial charge in [-0.05, 0) is 38.0 Å². The highest BCUT2D eigenvalue weighted by Crippen LogP contribution is 2.43. The number of hydrogen-bond donors (Lipinski definition) is 2. The Bertz CT molecular complexity index is 1160. The van der Waals surface area contributed by atoms with Gasteiger partial charge in [0.1, 0.15) is 24.3 Å². The molecule has 0 saturated carbocycles. The molecule has 0 aromatic heterocycles. The molecule has 0 radical (unpaired) electrons. The number of carbonyl (C=O) groups excluding carboxylic acids is 3. The van der Waals surface area contributed by atoms with E-state index < -0.39 is 41.7 Å². The number of carboxylic acid groups (broad SMARTS) is 1. The van der Waals surface area contributed by atoms with Gasteiger partial charge in [-0.1, -0.05) is 42.5 Å². The van der Waals surface area contributed by atoms with E-state index in [1.807, 2.05) is 30.3 Å². The largest absolute Gasteiger partial charge is 0.480 e. The summed E-state index contributed by atoms with van der Waals surface area (Å²) in [7, 11) is 0. The van der Waals surface area contributed by atoms with Crippen molar-refractivity contribution in [1.29, 1.82) is 0 Å². The predicted octanol–water partition coefficient (Wildman–Crippen LogP) is 3.08. The number of anilines is 2. The van der Waals surface area contributed by atoms with Gasteiger partial charge in [-0.2, -0.15) is 0 Å². The lowest BCUT2D eigenvalue weighted by Gasteiger charge is -2.27. The highest BCUT2D eigenvalue weighted by molar-refractivity contribution is 6.11. The van der Waals surface area contributed by atoms with Crippen molar-refractivity contribution in [1.82, 2.24) is 5.32 Å². The summed E-state index contributed by atoms with van der Waals surface area (Å²) < 4.78 is 10.8. The van der Waals surface area contributed by atoms with Gasteiger partial charge in [-0.15, -0.1) is 0 Å². The Morgan fingerprint density at radius 1 is 1.09 bits per heavy atom. The van der Waals surface area contributed by atoms with E-state index in [1.54, 1.807) is 39.0 Å². The predicted molar refractivity (Wildman–Crippen MR) is 126 cm³/mol. The van der Waals surface area contributed by atoms with Crippen LogP contribution in [-0.2, 0) is 32.1 Å². The molecule has 3 amide bonds. The average molecular weight is 482 g/mol.